The van der Waals surface area contributed by atoms with Crippen molar-refractivity contribution in [1.29, 1.82) is 0 Å². The number of hydrogen-bond donors (Lipinski definition) is 2. The van der Waals surface area contributed by atoms with Gasteiger partial charge in [0.25, 0.3) is 0 Å². The molecule has 1 amide bonds. The third-order valence-corrected chi connectivity index (χ3v) is 9.03. The van der Waals surface area contributed by atoms with Gasteiger partial charge in [-0.1, -0.05) is 6.07 Å². The minimum absolute atomic E-state index is 0.0338. The van der Waals surface area contributed by atoms with E-state index < -0.39 is 44.9 Å². The molecule has 1 aliphatic heterocycles. The minimum Gasteiger partial charge on any atom is -0.495 e. The third-order valence-electron chi connectivity index (χ3n) is 7.87. The van der Waals surface area contributed by atoms with Crippen LogP contribution in [0, 0.1) is 18.6 Å². The maximum absolute atomic E-state index is 14.0. The quantitative estimate of drug-likeness (QED) is 0.236. The molecule has 0 atom stereocenters. The van der Waals surface area contributed by atoms with Crippen LogP contribution in [0.25, 0.3) is 11.8 Å². The Morgan fingerprint density at radius 1 is 1.10 bits per heavy atom. The zero-order chi connectivity index (χ0) is 34.2. The van der Waals surface area contributed by atoms with Gasteiger partial charge in [0.1, 0.15) is 17.3 Å². The maximum atomic E-state index is 14.0. The van der Waals surface area contributed by atoms with Gasteiger partial charge >= 0.3 is 0 Å². The fourth-order valence-corrected chi connectivity index (χ4v) is 6.49. The molecule has 16 heteroatoms. The van der Waals surface area contributed by atoms with E-state index in [1.165, 1.54) is 41.2 Å². The molecule has 6 rings (SSSR count). The number of pyridine rings is 1. The van der Waals surface area contributed by atoms with Crippen LogP contribution in [0.1, 0.15) is 27.0 Å². The predicted molar refractivity (Wildman–Crippen MR) is 171 cm³/mol. The molecule has 0 spiro atoms. The number of para-hydroxylation sites is 1. The highest BCUT2D eigenvalue weighted by atomic mass is 32.2. The van der Waals surface area contributed by atoms with Crippen LogP contribution in [-0.4, -0.2) is 78.9 Å². The minimum atomic E-state index is -4.08. The van der Waals surface area contributed by atoms with Crippen LogP contribution in [0.15, 0.2) is 54.4 Å². The summed E-state index contributed by atoms with van der Waals surface area (Å²) in [6.07, 6.45) is 4.52. The second-order valence-electron chi connectivity index (χ2n) is 11.1. The second-order valence-corrected chi connectivity index (χ2v) is 12.8. The standard InChI is InChI=1S/C32H30F2N6O7S/c1-18-10-28(47-31-23(33)4-3-5-24(31)34)36-16-26(18)40-32(35)22(15-37-40)30(42)21-11-19-13-25(27(45-2)14-20(19)12-21)38-48(43,44)17-29(41)39-6-8-46-9-7-39/h3-5,10,12-16,38H,6-9,11,17,35H2,1-2H3. The summed E-state index contributed by atoms with van der Waals surface area (Å²) in [4.78, 5) is 31.8. The largest absolute Gasteiger partial charge is 0.495 e. The molecular formula is C32H30F2N6O7S. The molecule has 0 saturated carbocycles. The maximum Gasteiger partial charge on any atom is 0.241 e. The van der Waals surface area contributed by atoms with Crippen molar-refractivity contribution in [2.24, 2.45) is 0 Å². The van der Waals surface area contributed by atoms with E-state index in [1.54, 1.807) is 25.1 Å². The SMILES string of the molecule is COc1cc2c(cc1NS(=O)(=O)CC(=O)N1CCOCC1)CC(C(=O)c1cnn(-c3cnc(Oc4c(F)cccc4F)cc3C)c1N)=C2. The Morgan fingerprint density at radius 3 is 2.52 bits per heavy atom. The molecule has 1 aliphatic carbocycles. The Morgan fingerprint density at radius 2 is 1.83 bits per heavy atom. The van der Waals surface area contributed by atoms with Crippen LogP contribution >= 0.6 is 0 Å². The van der Waals surface area contributed by atoms with E-state index in [4.69, 9.17) is 19.9 Å². The number of carbonyl (C=O) groups excluding carboxylic acids is 2. The fraction of sp³-hybridized carbons (Fsp3) is 0.250. The van der Waals surface area contributed by atoms with Crippen molar-refractivity contribution in [3.63, 3.8) is 0 Å². The Balaban J connectivity index is 1.17. The van der Waals surface area contributed by atoms with Crippen molar-refractivity contribution >= 4 is 39.3 Å². The monoisotopic (exact) mass is 680 g/mol. The lowest BCUT2D eigenvalue weighted by atomic mass is 10.0. The zero-order valence-corrected chi connectivity index (χ0v) is 26.6. The van der Waals surface area contributed by atoms with Crippen LogP contribution in [0.3, 0.4) is 0 Å². The first-order valence-corrected chi connectivity index (χ1v) is 16.3. The van der Waals surface area contributed by atoms with Gasteiger partial charge in [-0.25, -0.2) is 26.9 Å². The number of halogens is 2. The van der Waals surface area contributed by atoms with Crippen molar-refractivity contribution in [2.75, 3.05) is 49.6 Å². The lowest BCUT2D eigenvalue weighted by molar-refractivity contribution is -0.132. The summed E-state index contributed by atoms with van der Waals surface area (Å²) in [6, 6.07) is 7.98. The molecule has 48 heavy (non-hydrogen) atoms. The van der Waals surface area contributed by atoms with Gasteiger partial charge in [-0.2, -0.15) is 5.10 Å². The van der Waals surface area contributed by atoms with Crippen molar-refractivity contribution in [3.05, 3.63) is 88.3 Å². The van der Waals surface area contributed by atoms with Crippen LogP contribution in [-0.2, 0) is 26.0 Å². The number of fused-ring (bicyclic) bond motifs is 1. The molecule has 2 aliphatic rings. The number of nitrogens with zero attached hydrogens (tertiary/aromatic N) is 4. The average Bonchev–Trinajstić information content (AvgIpc) is 3.65. The first kappa shape index (κ1) is 32.6. The summed E-state index contributed by atoms with van der Waals surface area (Å²) >= 11 is 0. The molecule has 13 nitrogen and oxygen atoms in total. The number of benzene rings is 2. The number of nitrogen functional groups attached to an aromatic ring is 1. The normalized spacial score (nSPS) is 14.3. The number of aromatic nitrogens is 3. The molecule has 1 fully saturated rings. The van der Waals surface area contributed by atoms with E-state index in [0.717, 1.165) is 12.1 Å². The Bertz CT molecular complexity index is 2060. The van der Waals surface area contributed by atoms with Crippen molar-refractivity contribution in [1.82, 2.24) is 19.7 Å². The van der Waals surface area contributed by atoms with Gasteiger partial charge in [-0.3, -0.25) is 14.3 Å². The first-order chi connectivity index (χ1) is 22.9. The van der Waals surface area contributed by atoms with E-state index in [9.17, 15) is 26.8 Å². The number of nitrogens with two attached hydrogens (primary N) is 1. The van der Waals surface area contributed by atoms with Crippen molar-refractivity contribution in [2.45, 2.75) is 13.3 Å². The summed E-state index contributed by atoms with van der Waals surface area (Å²) in [7, 11) is -2.70. The topological polar surface area (TPSA) is 168 Å². The summed E-state index contributed by atoms with van der Waals surface area (Å²) < 4.78 is 73.6. The van der Waals surface area contributed by atoms with Crippen LogP contribution in [0.5, 0.6) is 17.4 Å². The molecule has 1 saturated heterocycles. The van der Waals surface area contributed by atoms with E-state index in [0.29, 0.717) is 54.3 Å². The summed E-state index contributed by atoms with van der Waals surface area (Å²) in [5.41, 5.74) is 9.27. The Kier molecular flexibility index (Phi) is 8.85. The molecule has 0 unspecified atom stereocenters. The van der Waals surface area contributed by atoms with E-state index in [-0.39, 0.29) is 35.1 Å². The molecule has 3 N–H and O–H groups in total. The lowest BCUT2D eigenvalue weighted by Gasteiger charge is -2.26. The highest BCUT2D eigenvalue weighted by molar-refractivity contribution is 7.93. The van der Waals surface area contributed by atoms with Gasteiger partial charge in [0.15, 0.2) is 17.4 Å². The van der Waals surface area contributed by atoms with Crippen molar-refractivity contribution in [3.8, 4) is 23.1 Å². The number of nitrogens with one attached hydrogen (secondary N) is 1. The number of allylic oxidation sites excluding steroid dienone is 1. The number of ketones is 1. The number of carbonyl (C=O) groups is 2. The molecule has 250 valence electrons. The molecule has 2 aromatic heterocycles. The third kappa shape index (κ3) is 6.57. The summed E-state index contributed by atoms with van der Waals surface area (Å²) in [5, 5.41) is 4.28. The number of amides is 1. The number of morpholine rings is 1. The number of rotatable bonds is 10. The van der Waals surface area contributed by atoms with Gasteiger partial charge < -0.3 is 24.8 Å². The zero-order valence-electron chi connectivity index (χ0n) is 25.8. The lowest BCUT2D eigenvalue weighted by Crippen LogP contribution is -2.44. The van der Waals surface area contributed by atoms with E-state index in [2.05, 4.69) is 14.8 Å². The molecule has 0 bridgehead atoms. The number of anilines is 2. The van der Waals surface area contributed by atoms with Crippen LogP contribution in [0.4, 0.5) is 20.3 Å². The van der Waals surface area contributed by atoms with Crippen molar-refractivity contribution < 1.29 is 41.0 Å². The highest BCUT2D eigenvalue weighted by Gasteiger charge is 2.28. The van der Waals surface area contributed by atoms with Gasteiger partial charge in [0.2, 0.25) is 27.6 Å². The highest BCUT2D eigenvalue weighted by Crippen LogP contribution is 2.37. The van der Waals surface area contributed by atoms with E-state index >= 15 is 0 Å². The summed E-state index contributed by atoms with van der Waals surface area (Å²) in [5.74, 6) is -3.84. The summed E-state index contributed by atoms with van der Waals surface area (Å²) in [6.45, 7) is 3.02. The molecule has 0 radical (unpaired) electrons. The molecular weight excluding hydrogens is 650 g/mol. The van der Waals surface area contributed by atoms with Gasteiger partial charge in [0.05, 0.1) is 49.7 Å². The number of aryl methyl sites for hydroxylation is 1. The molecule has 2 aromatic carbocycles. The van der Waals surface area contributed by atoms with Crippen LogP contribution in [0.2, 0.25) is 0 Å². The second kappa shape index (κ2) is 13.0. The number of ether oxygens (including phenoxy) is 3. The fourth-order valence-electron chi connectivity index (χ4n) is 5.42. The number of sulfonamides is 1. The Labute approximate surface area is 274 Å². The first-order valence-electron chi connectivity index (χ1n) is 14.7. The number of Topliss-reactive ketones (excluding diaryl/α,β-unsaturated/α-hetero) is 1. The van der Waals surface area contributed by atoms with E-state index in [1.807, 2.05) is 0 Å². The number of hydrogen-bond acceptors (Lipinski definition) is 10. The predicted octanol–water partition coefficient (Wildman–Crippen LogP) is 3.66. The molecule has 4 aromatic rings. The smallest absolute Gasteiger partial charge is 0.241 e. The van der Waals surface area contributed by atoms with Gasteiger partial charge in [0, 0.05) is 31.1 Å². The van der Waals surface area contributed by atoms with Gasteiger partial charge in [-0.05, 0) is 54.0 Å². The number of methoxy groups -OCH3 is 1. The average molecular weight is 681 g/mol. The van der Waals surface area contributed by atoms with Crippen LogP contribution < -0.4 is 19.9 Å². The Hall–Kier alpha value is -5.35. The molecule has 3 heterocycles. The van der Waals surface area contributed by atoms with Gasteiger partial charge in [-0.15, -0.1) is 0 Å².